The molecule has 0 aliphatic carbocycles. The molecule has 1 heterocycles. The third-order valence-electron chi connectivity index (χ3n) is 9.94. The minimum absolute atomic E-state index is 0.0701. The summed E-state index contributed by atoms with van der Waals surface area (Å²) in [6.45, 7) is 4.83. The molecule has 0 aromatic heterocycles. The predicted octanol–water partition coefficient (Wildman–Crippen LogP) is 10.2. The highest BCUT2D eigenvalue weighted by molar-refractivity contribution is 7.47. The number of hydrogen-bond acceptors (Lipinski definition) is 6. The molecule has 0 aromatic rings. The summed E-state index contributed by atoms with van der Waals surface area (Å²) in [4.78, 5) is 23.1. The molecule has 1 rings (SSSR count). The molecule has 3 unspecified atom stereocenters. The summed E-state index contributed by atoms with van der Waals surface area (Å²) >= 11 is 0. The maximum atomic E-state index is 12.9. The first-order valence-corrected chi connectivity index (χ1v) is 22.7. The number of aliphatic hydroxyl groups is 1. The van der Waals surface area contributed by atoms with E-state index < -0.39 is 20.0 Å². The largest absolute Gasteiger partial charge is 0.472 e. The Bertz CT molecular complexity index is 913. The second-order valence-electron chi connectivity index (χ2n) is 16.1. The van der Waals surface area contributed by atoms with E-state index in [9.17, 15) is 19.4 Å². The molecule has 10 heteroatoms. The molecule has 3 N–H and O–H groups in total. The number of ether oxygens (including phenoxy) is 1. The number of allylic oxidation sites excluding steroid dienone is 1. The lowest BCUT2D eigenvalue weighted by Crippen LogP contribution is -2.46. The number of nitrogens with zero attached hydrogens (tertiary/aromatic N) is 1. The summed E-state index contributed by atoms with van der Waals surface area (Å²) in [6, 6.07) is -0.769. The van der Waals surface area contributed by atoms with Crippen LogP contribution in [-0.2, 0) is 23.1 Å². The summed E-state index contributed by atoms with van der Waals surface area (Å²) in [5.74, 6) is -0.163. The van der Waals surface area contributed by atoms with E-state index in [0.717, 1.165) is 64.2 Å². The van der Waals surface area contributed by atoms with E-state index in [1.54, 1.807) is 0 Å². The highest BCUT2D eigenvalue weighted by Crippen LogP contribution is 2.43. The molecule has 1 fully saturated rings. The highest BCUT2D eigenvalue weighted by Gasteiger charge is 2.36. The van der Waals surface area contributed by atoms with E-state index in [0.29, 0.717) is 36.1 Å². The Kier molecular flexibility index (Phi) is 28.9. The molecule has 0 aromatic carbocycles. The lowest BCUT2D eigenvalue weighted by molar-refractivity contribution is -0.870. The number of amides is 1. The molecular weight excluding hydrogens is 663 g/mol. The Balaban J connectivity index is 2.32. The van der Waals surface area contributed by atoms with Crippen molar-refractivity contribution < 1.29 is 37.6 Å². The van der Waals surface area contributed by atoms with Gasteiger partial charge in [0.05, 0.1) is 52.1 Å². The third kappa shape index (κ3) is 30.2. The van der Waals surface area contributed by atoms with Gasteiger partial charge in [-0.2, -0.15) is 0 Å². The van der Waals surface area contributed by atoms with Crippen LogP contribution in [0.15, 0.2) is 12.2 Å². The number of unbranched alkanes of at least 4 members (excludes halogenated alkanes) is 19. The fraction of sp³-hybridized carbons (Fsp3) is 0.927. The first kappa shape index (κ1) is 48.2. The number of rotatable bonds is 37. The van der Waals surface area contributed by atoms with Gasteiger partial charge in [0.25, 0.3) is 0 Å². The first-order chi connectivity index (χ1) is 24.5. The van der Waals surface area contributed by atoms with Crippen LogP contribution in [0.1, 0.15) is 181 Å². The van der Waals surface area contributed by atoms with Gasteiger partial charge in [0, 0.05) is 6.42 Å². The minimum atomic E-state index is -4.32. The molecule has 1 saturated heterocycles. The number of phosphoric acid groups is 1. The summed E-state index contributed by atoms with van der Waals surface area (Å²) in [6.07, 6.45) is 33.9. The molecule has 0 radical (unpaired) electrons. The van der Waals surface area contributed by atoms with Gasteiger partial charge in [0.15, 0.2) is 0 Å². The van der Waals surface area contributed by atoms with Crippen molar-refractivity contribution >= 4 is 13.7 Å². The van der Waals surface area contributed by atoms with Crippen LogP contribution in [0.5, 0.6) is 0 Å². The maximum Gasteiger partial charge on any atom is 0.472 e. The standard InChI is InChI=1S/C41H81N2O7P/c1-6-8-10-12-14-15-16-17-18-19-20-22-26-30-38(44)37(36-49-51(46,47)48-35-34-43(3,4)5)42-41(45)33-29-25-21-24-28-32-40-39(50-40)31-27-23-13-11-9-7-2/h23,27,37-40,44H,6-22,24-26,28-36H2,1-5H3,(H-,42,45,46,47)/p+1/b27-23-/t37-,38+,39?,40?/m0/s1. The van der Waals surface area contributed by atoms with Crippen LogP contribution in [0.25, 0.3) is 0 Å². The number of quaternary nitrogens is 1. The van der Waals surface area contributed by atoms with E-state index in [4.69, 9.17) is 13.8 Å². The van der Waals surface area contributed by atoms with Gasteiger partial charge < -0.3 is 24.5 Å². The normalized spacial score (nSPS) is 18.6. The molecule has 9 nitrogen and oxygen atoms in total. The number of epoxide rings is 1. The van der Waals surface area contributed by atoms with Crippen molar-refractivity contribution in [2.24, 2.45) is 0 Å². The highest BCUT2D eigenvalue weighted by atomic mass is 31.2. The van der Waals surface area contributed by atoms with Crippen molar-refractivity contribution in [1.29, 1.82) is 0 Å². The molecule has 1 aliphatic rings. The zero-order chi connectivity index (χ0) is 37.6. The van der Waals surface area contributed by atoms with Gasteiger partial charge >= 0.3 is 7.82 Å². The van der Waals surface area contributed by atoms with Crippen LogP contribution in [0.2, 0.25) is 0 Å². The molecular formula is C41H82N2O7P+. The van der Waals surface area contributed by atoms with E-state index >= 15 is 0 Å². The van der Waals surface area contributed by atoms with Crippen molar-refractivity contribution in [2.45, 2.75) is 205 Å². The smallest absolute Gasteiger partial charge is 0.391 e. The average Bonchev–Trinajstić information content (AvgIpc) is 3.83. The molecule has 302 valence electrons. The second-order valence-corrected chi connectivity index (χ2v) is 17.6. The van der Waals surface area contributed by atoms with Crippen LogP contribution >= 0.6 is 7.82 Å². The van der Waals surface area contributed by atoms with Crippen molar-refractivity contribution in [1.82, 2.24) is 5.32 Å². The average molecular weight is 746 g/mol. The van der Waals surface area contributed by atoms with Gasteiger partial charge in [-0.1, -0.05) is 148 Å². The quantitative estimate of drug-likeness (QED) is 0.0191. The number of phosphoric ester groups is 1. The summed E-state index contributed by atoms with van der Waals surface area (Å²) < 4.78 is 29.4. The predicted molar refractivity (Wildman–Crippen MR) is 212 cm³/mol. The Labute approximate surface area is 314 Å². The van der Waals surface area contributed by atoms with Crippen molar-refractivity contribution in [3.8, 4) is 0 Å². The molecule has 0 spiro atoms. The monoisotopic (exact) mass is 746 g/mol. The summed E-state index contributed by atoms with van der Waals surface area (Å²) in [5.41, 5.74) is 0. The van der Waals surface area contributed by atoms with Crippen LogP contribution in [0.3, 0.4) is 0 Å². The number of likely N-dealkylation sites (N-methyl/N-ethyl adjacent to an activating group) is 1. The molecule has 1 aliphatic heterocycles. The Morgan fingerprint density at radius 3 is 1.92 bits per heavy atom. The lowest BCUT2D eigenvalue weighted by Gasteiger charge is -2.26. The first-order valence-electron chi connectivity index (χ1n) is 21.2. The summed E-state index contributed by atoms with van der Waals surface area (Å²) in [5, 5.41) is 13.9. The number of nitrogens with one attached hydrogen (secondary N) is 1. The molecule has 0 saturated carbocycles. The molecule has 0 bridgehead atoms. The van der Waals surface area contributed by atoms with Crippen LogP contribution < -0.4 is 5.32 Å². The van der Waals surface area contributed by atoms with Gasteiger partial charge in [-0.15, -0.1) is 0 Å². The maximum absolute atomic E-state index is 12.9. The zero-order valence-corrected chi connectivity index (χ0v) is 34.7. The number of hydrogen-bond donors (Lipinski definition) is 3. The van der Waals surface area contributed by atoms with E-state index in [1.807, 2.05) is 21.1 Å². The SMILES string of the molecule is CCCCC/C=C\CC1OC1CCCCCCCC(=O)N[C@@H](COP(=O)(O)OCC[N+](C)(C)C)[C@H](O)CCCCCCCCCCCCCCC. The van der Waals surface area contributed by atoms with Crippen LogP contribution in [-0.4, -0.2) is 85.6 Å². The Morgan fingerprint density at radius 1 is 0.765 bits per heavy atom. The Hall–Kier alpha value is -0.800. The van der Waals surface area contributed by atoms with Crippen molar-refractivity contribution in [2.75, 3.05) is 40.9 Å². The summed E-state index contributed by atoms with van der Waals surface area (Å²) in [7, 11) is 1.60. The fourth-order valence-corrected chi connectivity index (χ4v) is 7.14. The topological polar surface area (TPSA) is 118 Å². The number of carbonyl (C=O) groups is 1. The number of aliphatic hydroxyl groups excluding tert-OH is 1. The van der Waals surface area contributed by atoms with Crippen molar-refractivity contribution in [3.63, 3.8) is 0 Å². The van der Waals surface area contributed by atoms with Gasteiger partial charge in [0.2, 0.25) is 5.91 Å². The molecule has 5 atom stereocenters. The minimum Gasteiger partial charge on any atom is -0.391 e. The van der Waals surface area contributed by atoms with E-state index in [2.05, 4.69) is 31.3 Å². The van der Waals surface area contributed by atoms with Gasteiger partial charge in [-0.25, -0.2) is 4.57 Å². The van der Waals surface area contributed by atoms with Crippen LogP contribution in [0, 0.1) is 0 Å². The van der Waals surface area contributed by atoms with Gasteiger partial charge in [0.1, 0.15) is 13.2 Å². The second kappa shape index (κ2) is 30.5. The fourth-order valence-electron chi connectivity index (χ4n) is 6.40. The van der Waals surface area contributed by atoms with Crippen molar-refractivity contribution in [3.05, 3.63) is 12.2 Å². The molecule has 1 amide bonds. The van der Waals surface area contributed by atoms with Crippen LogP contribution in [0.4, 0.5) is 0 Å². The third-order valence-corrected chi connectivity index (χ3v) is 10.9. The Morgan fingerprint density at radius 2 is 1.31 bits per heavy atom. The molecule has 51 heavy (non-hydrogen) atoms. The van der Waals surface area contributed by atoms with E-state index in [-0.39, 0.29) is 19.1 Å². The zero-order valence-electron chi connectivity index (χ0n) is 33.8. The van der Waals surface area contributed by atoms with Gasteiger partial charge in [-0.3, -0.25) is 13.8 Å². The number of carbonyl (C=O) groups excluding carboxylic acids is 1. The van der Waals surface area contributed by atoms with Gasteiger partial charge in [-0.05, 0) is 38.5 Å². The van der Waals surface area contributed by atoms with E-state index in [1.165, 1.54) is 89.9 Å². The lowest BCUT2D eigenvalue weighted by atomic mass is 10.0.